The van der Waals surface area contributed by atoms with E-state index in [0.717, 1.165) is 10.5 Å². The van der Waals surface area contributed by atoms with Crippen LogP contribution in [0.4, 0.5) is 0 Å². The number of thioether (sulfide) groups is 1. The van der Waals surface area contributed by atoms with Crippen molar-refractivity contribution in [1.82, 2.24) is 5.32 Å². The van der Waals surface area contributed by atoms with Crippen LogP contribution in [-0.4, -0.2) is 50.2 Å². The maximum absolute atomic E-state index is 11.9. The van der Waals surface area contributed by atoms with Gasteiger partial charge in [0.1, 0.15) is 18.5 Å². The van der Waals surface area contributed by atoms with Crippen molar-refractivity contribution in [2.45, 2.75) is 17.9 Å². The number of hydrogen-bond acceptors (Lipinski definition) is 6. The summed E-state index contributed by atoms with van der Waals surface area (Å²) in [6, 6.07) is 13.1. The van der Waals surface area contributed by atoms with E-state index >= 15 is 0 Å². The molecule has 0 spiro atoms. The largest absolute Gasteiger partial charge is 0.493 e. The minimum Gasteiger partial charge on any atom is -0.493 e. The van der Waals surface area contributed by atoms with E-state index in [1.807, 2.05) is 49.6 Å². The second kappa shape index (κ2) is 10.7. The molecule has 0 fully saturated rings. The standard InChI is InChI=1S/C20H25NO5S/c1-14-6-4-5-7-17(14)25-12-15(22)11-21-20(23)13-26-18-9-8-16(27-3)10-19(18)24-2/h4-10,15,22H,11-13H2,1-3H3,(H,21,23). The van der Waals surface area contributed by atoms with Crippen LogP contribution in [0.1, 0.15) is 5.56 Å². The summed E-state index contributed by atoms with van der Waals surface area (Å²) in [6.07, 6.45) is 1.15. The van der Waals surface area contributed by atoms with Gasteiger partial charge in [-0.2, -0.15) is 0 Å². The first kappa shape index (κ1) is 20.9. The molecular weight excluding hydrogens is 366 g/mol. The number of aryl methyl sites for hydroxylation is 1. The number of para-hydroxylation sites is 1. The zero-order valence-corrected chi connectivity index (χ0v) is 16.5. The van der Waals surface area contributed by atoms with Gasteiger partial charge in [0, 0.05) is 11.4 Å². The minimum absolute atomic E-state index is 0.0800. The molecule has 2 rings (SSSR count). The summed E-state index contributed by atoms with van der Waals surface area (Å²) in [5.74, 6) is 1.45. The average molecular weight is 391 g/mol. The van der Waals surface area contributed by atoms with Gasteiger partial charge in [-0.3, -0.25) is 4.79 Å². The Morgan fingerprint density at radius 1 is 1.15 bits per heavy atom. The monoisotopic (exact) mass is 391 g/mol. The third-order valence-corrected chi connectivity index (χ3v) is 4.51. The molecule has 1 unspecified atom stereocenters. The number of methoxy groups -OCH3 is 1. The number of aliphatic hydroxyl groups is 1. The molecule has 146 valence electrons. The number of rotatable bonds is 10. The predicted molar refractivity (Wildman–Crippen MR) is 106 cm³/mol. The van der Waals surface area contributed by atoms with Crippen molar-refractivity contribution >= 4 is 17.7 Å². The highest BCUT2D eigenvalue weighted by atomic mass is 32.2. The van der Waals surface area contributed by atoms with Gasteiger partial charge in [0.05, 0.1) is 7.11 Å². The van der Waals surface area contributed by atoms with Crippen molar-refractivity contribution in [2.75, 3.05) is 33.1 Å². The first-order chi connectivity index (χ1) is 13.0. The van der Waals surface area contributed by atoms with Crippen molar-refractivity contribution in [2.24, 2.45) is 0 Å². The van der Waals surface area contributed by atoms with Gasteiger partial charge in [0.25, 0.3) is 5.91 Å². The molecule has 2 aromatic rings. The minimum atomic E-state index is -0.816. The van der Waals surface area contributed by atoms with E-state index in [4.69, 9.17) is 14.2 Å². The summed E-state index contributed by atoms with van der Waals surface area (Å²) in [4.78, 5) is 13.0. The van der Waals surface area contributed by atoms with Gasteiger partial charge in [0.2, 0.25) is 0 Å². The van der Waals surface area contributed by atoms with E-state index in [0.29, 0.717) is 17.2 Å². The zero-order chi connectivity index (χ0) is 19.6. The van der Waals surface area contributed by atoms with E-state index in [-0.39, 0.29) is 25.7 Å². The fourth-order valence-corrected chi connectivity index (χ4v) is 2.71. The van der Waals surface area contributed by atoms with Crippen LogP contribution in [0.3, 0.4) is 0 Å². The van der Waals surface area contributed by atoms with Crippen LogP contribution in [-0.2, 0) is 4.79 Å². The molecule has 0 aliphatic heterocycles. The SMILES string of the molecule is COc1cc(SC)ccc1OCC(=O)NCC(O)COc1ccccc1C. The zero-order valence-electron chi connectivity index (χ0n) is 15.7. The number of carbonyl (C=O) groups excluding carboxylic acids is 1. The second-order valence-electron chi connectivity index (χ2n) is 5.84. The van der Waals surface area contributed by atoms with Crippen LogP contribution in [0.2, 0.25) is 0 Å². The molecule has 2 N–H and O–H groups in total. The van der Waals surface area contributed by atoms with Crippen LogP contribution < -0.4 is 19.5 Å². The quantitative estimate of drug-likeness (QED) is 0.607. The van der Waals surface area contributed by atoms with Gasteiger partial charge in [-0.15, -0.1) is 11.8 Å². The Bertz CT molecular complexity index is 753. The van der Waals surface area contributed by atoms with E-state index in [9.17, 15) is 9.90 Å². The average Bonchev–Trinajstić information content (AvgIpc) is 2.69. The summed E-state index contributed by atoms with van der Waals surface area (Å²) in [6.45, 7) is 1.94. The lowest BCUT2D eigenvalue weighted by molar-refractivity contribution is -0.123. The summed E-state index contributed by atoms with van der Waals surface area (Å²) >= 11 is 1.59. The van der Waals surface area contributed by atoms with Gasteiger partial charge in [0.15, 0.2) is 18.1 Å². The molecule has 0 heterocycles. The Hall–Kier alpha value is -2.38. The van der Waals surface area contributed by atoms with Gasteiger partial charge in [-0.05, 0) is 43.0 Å². The fourth-order valence-electron chi connectivity index (χ4n) is 2.28. The van der Waals surface area contributed by atoms with Crippen molar-refractivity contribution in [3.8, 4) is 17.2 Å². The molecule has 7 heteroatoms. The predicted octanol–water partition coefficient (Wildman–Crippen LogP) is 2.66. The molecule has 2 aromatic carbocycles. The van der Waals surface area contributed by atoms with Crippen molar-refractivity contribution in [1.29, 1.82) is 0 Å². The molecule has 1 amide bonds. The van der Waals surface area contributed by atoms with Gasteiger partial charge < -0.3 is 24.6 Å². The first-order valence-corrected chi connectivity index (χ1v) is 9.74. The molecule has 0 aromatic heterocycles. The molecule has 1 atom stereocenters. The third-order valence-electron chi connectivity index (χ3n) is 3.79. The van der Waals surface area contributed by atoms with Crippen LogP contribution >= 0.6 is 11.8 Å². The molecule has 6 nitrogen and oxygen atoms in total. The molecular formula is C20H25NO5S. The fraction of sp³-hybridized carbons (Fsp3) is 0.350. The lowest BCUT2D eigenvalue weighted by Gasteiger charge is -2.15. The topological polar surface area (TPSA) is 77.0 Å². The number of aliphatic hydroxyl groups excluding tert-OH is 1. The van der Waals surface area contributed by atoms with Gasteiger partial charge in [-0.1, -0.05) is 18.2 Å². The summed E-state index contributed by atoms with van der Waals surface area (Å²) in [5.41, 5.74) is 0.989. The molecule has 27 heavy (non-hydrogen) atoms. The van der Waals surface area contributed by atoms with E-state index < -0.39 is 6.10 Å². The lowest BCUT2D eigenvalue weighted by atomic mass is 10.2. The molecule has 0 saturated heterocycles. The third kappa shape index (κ3) is 6.69. The van der Waals surface area contributed by atoms with Crippen LogP contribution in [0, 0.1) is 6.92 Å². The number of amides is 1. The first-order valence-electron chi connectivity index (χ1n) is 8.51. The Kier molecular flexibility index (Phi) is 8.29. The highest BCUT2D eigenvalue weighted by molar-refractivity contribution is 7.98. The number of carbonyl (C=O) groups is 1. The van der Waals surface area contributed by atoms with Gasteiger partial charge >= 0.3 is 0 Å². The Labute approximate surface area is 163 Å². The van der Waals surface area contributed by atoms with Crippen LogP contribution in [0.15, 0.2) is 47.4 Å². The van der Waals surface area contributed by atoms with Gasteiger partial charge in [-0.25, -0.2) is 0 Å². The number of hydrogen-bond donors (Lipinski definition) is 2. The van der Waals surface area contributed by atoms with Crippen molar-refractivity contribution in [3.63, 3.8) is 0 Å². The number of nitrogens with one attached hydrogen (secondary N) is 1. The normalized spacial score (nSPS) is 11.6. The Morgan fingerprint density at radius 2 is 1.93 bits per heavy atom. The lowest BCUT2D eigenvalue weighted by Crippen LogP contribution is -2.37. The Morgan fingerprint density at radius 3 is 2.63 bits per heavy atom. The highest BCUT2D eigenvalue weighted by Crippen LogP contribution is 2.31. The molecule has 0 bridgehead atoms. The smallest absolute Gasteiger partial charge is 0.258 e. The molecule has 0 aliphatic rings. The number of ether oxygens (including phenoxy) is 3. The summed E-state index contributed by atoms with van der Waals surface area (Å²) < 4.78 is 16.3. The Balaban J connectivity index is 1.73. The summed E-state index contributed by atoms with van der Waals surface area (Å²) in [5, 5.41) is 12.6. The molecule has 0 saturated carbocycles. The van der Waals surface area contributed by atoms with Crippen molar-refractivity contribution < 1.29 is 24.1 Å². The van der Waals surface area contributed by atoms with E-state index in [1.54, 1.807) is 24.9 Å². The highest BCUT2D eigenvalue weighted by Gasteiger charge is 2.11. The maximum Gasteiger partial charge on any atom is 0.258 e. The van der Waals surface area contributed by atoms with Crippen LogP contribution in [0.5, 0.6) is 17.2 Å². The molecule has 0 aliphatic carbocycles. The van der Waals surface area contributed by atoms with Crippen LogP contribution in [0.25, 0.3) is 0 Å². The number of benzene rings is 2. The second-order valence-corrected chi connectivity index (χ2v) is 6.72. The maximum atomic E-state index is 11.9. The van der Waals surface area contributed by atoms with Crippen molar-refractivity contribution in [3.05, 3.63) is 48.0 Å². The summed E-state index contributed by atoms with van der Waals surface area (Å²) in [7, 11) is 1.55. The van der Waals surface area contributed by atoms with E-state index in [1.165, 1.54) is 0 Å². The van der Waals surface area contributed by atoms with E-state index in [2.05, 4.69) is 5.32 Å². The molecule has 0 radical (unpaired) electrons.